The third-order valence-electron chi connectivity index (χ3n) is 7.49. The summed E-state index contributed by atoms with van der Waals surface area (Å²) in [5.41, 5.74) is -4.41. The number of aromatic amines is 1. The summed E-state index contributed by atoms with van der Waals surface area (Å²) in [6, 6.07) is 1.20. The predicted molar refractivity (Wildman–Crippen MR) is 107 cm³/mol. The van der Waals surface area contributed by atoms with Crippen LogP contribution in [0.5, 0.6) is 0 Å². The first-order chi connectivity index (χ1) is 13.5. The number of hydrogen-bond donors (Lipinski definition) is 1. The zero-order valence-electron chi connectivity index (χ0n) is 17.0. The number of nitrogens with one attached hydrogen (secondary N) is 1. The van der Waals surface area contributed by atoms with Crippen LogP contribution < -0.4 is 11.2 Å². The molecule has 0 spiro atoms. The van der Waals surface area contributed by atoms with Crippen molar-refractivity contribution in [2.45, 2.75) is 88.2 Å². The molecule has 0 aromatic carbocycles. The SMILES string of the molecule is CC[C@H]1OC(Br)[C@@]2(F)C[C@]12C.CC[C@H]1OC(n2ccc(=O)[nH]c2=O)[C@@]2(F)C[C@]12C. The lowest BCUT2D eigenvalue weighted by Gasteiger charge is -2.20. The van der Waals surface area contributed by atoms with E-state index in [0.717, 1.165) is 11.0 Å². The standard InChI is InChI=1S/C12H15FN2O3.C8H12BrFO/c1-3-7-11(2)6-12(11,13)9(18-7)15-5-4-8(16)14-10(15)17;1-3-5-7(2)4-8(7,10)6(9)11-5/h4-5,7,9H,3,6H2,1-2H3,(H,14,16,17);5-6H,3-4H2,1-2H3/t7-,9?,11-,12+;5-,6?,7-,8+/m11/s1. The molecule has 0 amide bonds. The average Bonchev–Trinajstić information content (AvgIpc) is 3.38. The predicted octanol–water partition coefficient (Wildman–Crippen LogP) is 3.60. The van der Waals surface area contributed by atoms with Crippen molar-refractivity contribution < 1.29 is 18.3 Å². The fourth-order valence-electron chi connectivity index (χ4n) is 5.26. The Hall–Kier alpha value is -1.06. The van der Waals surface area contributed by atoms with E-state index >= 15 is 0 Å². The molecule has 2 aliphatic heterocycles. The van der Waals surface area contributed by atoms with Gasteiger partial charge in [-0.25, -0.2) is 13.6 Å². The van der Waals surface area contributed by atoms with E-state index in [2.05, 4.69) is 20.9 Å². The van der Waals surface area contributed by atoms with Gasteiger partial charge in [-0.05, 0) is 25.7 Å². The van der Waals surface area contributed by atoms with E-state index in [1.807, 2.05) is 27.7 Å². The molecule has 9 heteroatoms. The van der Waals surface area contributed by atoms with Gasteiger partial charge in [-0.1, -0.05) is 43.6 Å². The first-order valence-electron chi connectivity index (χ1n) is 10.1. The van der Waals surface area contributed by atoms with Crippen LogP contribution in [0.4, 0.5) is 8.78 Å². The summed E-state index contributed by atoms with van der Waals surface area (Å²) in [7, 11) is 0. The molecule has 4 aliphatic rings. The highest BCUT2D eigenvalue weighted by molar-refractivity contribution is 9.09. The van der Waals surface area contributed by atoms with Crippen molar-refractivity contribution in [1.82, 2.24) is 9.55 Å². The second-order valence-electron chi connectivity index (χ2n) is 9.17. The Morgan fingerprint density at radius 2 is 1.66 bits per heavy atom. The molecule has 162 valence electrons. The number of hydrogen-bond acceptors (Lipinski definition) is 4. The van der Waals surface area contributed by atoms with Gasteiger partial charge in [-0.15, -0.1) is 0 Å². The maximum Gasteiger partial charge on any atom is 0.330 e. The van der Waals surface area contributed by atoms with Crippen molar-refractivity contribution in [1.29, 1.82) is 0 Å². The Balaban J connectivity index is 0.000000159. The molecule has 5 rings (SSSR count). The second-order valence-corrected chi connectivity index (χ2v) is 10.00. The van der Waals surface area contributed by atoms with E-state index in [9.17, 15) is 18.4 Å². The zero-order chi connectivity index (χ0) is 21.4. The smallest absolute Gasteiger partial charge is 0.330 e. The van der Waals surface area contributed by atoms with Crippen LogP contribution in [0.3, 0.4) is 0 Å². The van der Waals surface area contributed by atoms with Gasteiger partial charge in [0.2, 0.25) is 0 Å². The Labute approximate surface area is 176 Å². The Morgan fingerprint density at radius 3 is 2.07 bits per heavy atom. The number of alkyl halides is 3. The van der Waals surface area contributed by atoms with Crippen LogP contribution in [0.1, 0.15) is 59.6 Å². The lowest BCUT2D eigenvalue weighted by atomic mass is 9.98. The fourth-order valence-corrected chi connectivity index (χ4v) is 6.20. The summed E-state index contributed by atoms with van der Waals surface area (Å²) >= 11 is 3.22. The second kappa shape index (κ2) is 6.47. The van der Waals surface area contributed by atoms with Crippen LogP contribution in [0, 0.1) is 10.8 Å². The number of nitrogens with zero attached hydrogens (tertiary/aromatic N) is 1. The normalized spacial score (nSPS) is 49.1. The molecule has 2 unspecified atom stereocenters. The van der Waals surface area contributed by atoms with Crippen LogP contribution in [0.2, 0.25) is 0 Å². The van der Waals surface area contributed by atoms with Gasteiger partial charge in [0.1, 0.15) is 5.01 Å². The highest BCUT2D eigenvalue weighted by Gasteiger charge is 2.79. The number of halogens is 3. The molecule has 3 heterocycles. The van der Waals surface area contributed by atoms with Crippen LogP contribution in [-0.4, -0.2) is 38.1 Å². The molecule has 29 heavy (non-hydrogen) atoms. The number of ether oxygens (including phenoxy) is 2. The third-order valence-corrected chi connectivity index (χ3v) is 8.43. The molecule has 1 N–H and O–H groups in total. The molecular formula is C20H27BrF2N2O4. The summed E-state index contributed by atoms with van der Waals surface area (Å²) in [5.74, 6) is 0. The maximum absolute atomic E-state index is 14.8. The van der Waals surface area contributed by atoms with Gasteiger partial charge in [-0.2, -0.15) is 0 Å². The first kappa shape index (κ1) is 21.2. The maximum atomic E-state index is 14.8. The third kappa shape index (κ3) is 2.76. The van der Waals surface area contributed by atoms with Crippen LogP contribution in [0.25, 0.3) is 0 Å². The summed E-state index contributed by atoms with van der Waals surface area (Å²) < 4.78 is 40.7. The number of aromatic nitrogens is 2. The minimum absolute atomic E-state index is 0.108. The molecule has 2 aliphatic carbocycles. The van der Waals surface area contributed by atoms with Crippen LogP contribution >= 0.6 is 15.9 Å². The molecular weight excluding hydrogens is 450 g/mol. The van der Waals surface area contributed by atoms with Gasteiger partial charge in [0.25, 0.3) is 5.56 Å². The van der Waals surface area contributed by atoms with Gasteiger partial charge in [0.05, 0.1) is 12.2 Å². The summed E-state index contributed by atoms with van der Waals surface area (Å²) in [6.45, 7) is 7.80. The van der Waals surface area contributed by atoms with E-state index in [4.69, 9.17) is 9.47 Å². The first-order valence-corrected chi connectivity index (χ1v) is 11.0. The molecule has 1 aromatic heterocycles. The van der Waals surface area contributed by atoms with Crippen molar-refractivity contribution in [3.05, 3.63) is 33.1 Å². The largest absolute Gasteiger partial charge is 0.360 e. The van der Waals surface area contributed by atoms with Crippen LogP contribution in [-0.2, 0) is 9.47 Å². The van der Waals surface area contributed by atoms with E-state index in [0.29, 0.717) is 19.3 Å². The quantitative estimate of drug-likeness (QED) is 0.676. The van der Waals surface area contributed by atoms with Crippen molar-refractivity contribution in [2.75, 3.05) is 0 Å². The lowest BCUT2D eigenvalue weighted by Crippen LogP contribution is -2.36. The summed E-state index contributed by atoms with van der Waals surface area (Å²) in [4.78, 5) is 24.8. The number of fused-ring (bicyclic) bond motifs is 2. The molecule has 4 fully saturated rings. The molecule has 6 nitrogen and oxygen atoms in total. The highest BCUT2D eigenvalue weighted by Crippen LogP contribution is 2.72. The zero-order valence-corrected chi connectivity index (χ0v) is 18.6. The lowest BCUT2D eigenvalue weighted by molar-refractivity contribution is -0.0609. The van der Waals surface area contributed by atoms with Gasteiger partial charge in [-0.3, -0.25) is 14.3 Å². The van der Waals surface area contributed by atoms with Crippen molar-refractivity contribution in [3.8, 4) is 0 Å². The van der Waals surface area contributed by atoms with E-state index in [1.165, 1.54) is 12.3 Å². The summed E-state index contributed by atoms with van der Waals surface area (Å²) in [6.07, 6.45) is 2.95. The number of H-pyrrole nitrogens is 1. The Bertz CT molecular complexity index is 940. The van der Waals surface area contributed by atoms with Gasteiger partial charge in [0.15, 0.2) is 17.6 Å². The molecule has 8 atom stereocenters. The van der Waals surface area contributed by atoms with E-state index in [1.54, 1.807) is 0 Å². The average molecular weight is 477 g/mol. The van der Waals surface area contributed by atoms with E-state index in [-0.39, 0.29) is 22.6 Å². The molecule has 2 saturated heterocycles. The topological polar surface area (TPSA) is 73.3 Å². The Morgan fingerprint density at radius 1 is 1.10 bits per heavy atom. The van der Waals surface area contributed by atoms with Crippen molar-refractivity contribution >= 4 is 15.9 Å². The van der Waals surface area contributed by atoms with Gasteiger partial charge < -0.3 is 9.47 Å². The molecule has 0 bridgehead atoms. The van der Waals surface area contributed by atoms with Gasteiger partial charge in [0, 0.05) is 23.1 Å². The summed E-state index contributed by atoms with van der Waals surface area (Å²) in [5, 5.41) is -0.370. The minimum atomic E-state index is -1.50. The van der Waals surface area contributed by atoms with Crippen LogP contribution in [0.15, 0.2) is 21.9 Å². The fraction of sp³-hybridized carbons (Fsp3) is 0.800. The highest BCUT2D eigenvalue weighted by atomic mass is 79.9. The monoisotopic (exact) mass is 476 g/mol. The van der Waals surface area contributed by atoms with Crippen molar-refractivity contribution in [3.63, 3.8) is 0 Å². The van der Waals surface area contributed by atoms with Gasteiger partial charge >= 0.3 is 5.69 Å². The Kier molecular flexibility index (Phi) is 4.72. The van der Waals surface area contributed by atoms with E-state index < -0.39 is 34.2 Å². The van der Waals surface area contributed by atoms with Crippen molar-refractivity contribution in [2.24, 2.45) is 10.8 Å². The number of rotatable bonds is 3. The minimum Gasteiger partial charge on any atom is -0.360 e. The molecule has 2 saturated carbocycles. The molecule has 1 aromatic rings. The molecule has 0 radical (unpaired) electrons.